The zero-order chi connectivity index (χ0) is 14.2. The Labute approximate surface area is 123 Å². The molecule has 0 aromatic carbocycles. The maximum atomic E-state index is 12.5. The summed E-state index contributed by atoms with van der Waals surface area (Å²) >= 11 is 0. The van der Waals surface area contributed by atoms with Crippen molar-refractivity contribution in [3.63, 3.8) is 0 Å². The fraction of sp³-hybridized carbons (Fsp3) is 0.944. The predicted octanol–water partition coefficient (Wildman–Crippen LogP) is 4.86. The van der Waals surface area contributed by atoms with Gasteiger partial charge in [0.25, 0.3) is 0 Å². The van der Waals surface area contributed by atoms with Crippen LogP contribution in [0.5, 0.6) is 0 Å². The minimum Gasteiger partial charge on any atom is -0.458 e. The van der Waals surface area contributed by atoms with Crippen molar-refractivity contribution in [3.8, 4) is 0 Å². The second-order valence-corrected chi connectivity index (χ2v) is 7.71. The van der Waals surface area contributed by atoms with Gasteiger partial charge in [-0.05, 0) is 70.1 Å². The van der Waals surface area contributed by atoms with E-state index in [0.29, 0.717) is 5.41 Å². The lowest BCUT2D eigenvalue weighted by atomic mass is 9.63. The molecule has 0 spiro atoms. The number of rotatable bonds is 4. The number of hydrogen-bond acceptors (Lipinski definition) is 2. The zero-order valence-electron chi connectivity index (χ0n) is 13.2. The molecule has 3 saturated carbocycles. The normalized spacial score (nSPS) is 36.8. The first-order valence-electron chi connectivity index (χ1n) is 8.84. The van der Waals surface area contributed by atoms with Crippen molar-refractivity contribution in [1.29, 1.82) is 0 Å². The van der Waals surface area contributed by atoms with E-state index in [9.17, 15) is 4.79 Å². The van der Waals surface area contributed by atoms with Gasteiger partial charge >= 0.3 is 5.97 Å². The van der Waals surface area contributed by atoms with E-state index in [1.165, 1.54) is 51.4 Å². The highest BCUT2D eigenvalue weighted by atomic mass is 16.6. The van der Waals surface area contributed by atoms with Gasteiger partial charge in [0.05, 0.1) is 5.92 Å². The number of carbonyl (C=O) groups excluding carboxylic acids is 1. The Balaban J connectivity index is 1.83. The van der Waals surface area contributed by atoms with Gasteiger partial charge in [0.1, 0.15) is 5.60 Å². The third kappa shape index (κ3) is 2.19. The predicted molar refractivity (Wildman–Crippen MR) is 80.4 cm³/mol. The average Bonchev–Trinajstić information content (AvgIpc) is 3.09. The number of hydrogen-bond donors (Lipinski definition) is 0. The maximum Gasteiger partial charge on any atom is 0.309 e. The Morgan fingerprint density at radius 3 is 2.30 bits per heavy atom. The fourth-order valence-corrected chi connectivity index (χ4v) is 5.16. The van der Waals surface area contributed by atoms with Crippen molar-refractivity contribution in [3.05, 3.63) is 0 Å². The van der Waals surface area contributed by atoms with Crippen molar-refractivity contribution in [2.24, 2.45) is 17.3 Å². The highest BCUT2D eigenvalue weighted by molar-refractivity contribution is 5.72. The van der Waals surface area contributed by atoms with E-state index in [2.05, 4.69) is 6.92 Å². The van der Waals surface area contributed by atoms with Crippen LogP contribution in [-0.4, -0.2) is 11.6 Å². The molecule has 2 nitrogen and oxygen atoms in total. The molecule has 1 atom stereocenters. The van der Waals surface area contributed by atoms with Gasteiger partial charge in [-0.15, -0.1) is 0 Å². The lowest BCUT2D eigenvalue weighted by Gasteiger charge is -2.49. The Bertz CT molecular complexity index is 360. The van der Waals surface area contributed by atoms with Crippen LogP contribution in [-0.2, 0) is 9.53 Å². The Morgan fingerprint density at radius 2 is 1.80 bits per heavy atom. The molecule has 114 valence electrons. The molecule has 0 aromatic rings. The van der Waals surface area contributed by atoms with E-state index < -0.39 is 0 Å². The molecule has 3 rings (SSSR count). The van der Waals surface area contributed by atoms with Crippen molar-refractivity contribution in [2.45, 2.75) is 90.1 Å². The third-order valence-corrected chi connectivity index (χ3v) is 6.68. The molecule has 3 aliphatic rings. The summed E-state index contributed by atoms with van der Waals surface area (Å²) in [6.45, 7) is 4.10. The van der Waals surface area contributed by atoms with E-state index in [1.54, 1.807) is 0 Å². The summed E-state index contributed by atoms with van der Waals surface area (Å²) in [6, 6.07) is 0. The van der Waals surface area contributed by atoms with E-state index in [4.69, 9.17) is 4.74 Å². The quantitative estimate of drug-likeness (QED) is 0.686. The van der Waals surface area contributed by atoms with Crippen LogP contribution in [0.2, 0.25) is 0 Å². The third-order valence-electron chi connectivity index (χ3n) is 6.68. The number of esters is 1. The summed E-state index contributed by atoms with van der Waals surface area (Å²) < 4.78 is 6.30. The van der Waals surface area contributed by atoms with E-state index in [0.717, 1.165) is 25.2 Å². The lowest BCUT2D eigenvalue weighted by Crippen LogP contribution is -2.51. The summed E-state index contributed by atoms with van der Waals surface area (Å²) in [7, 11) is 0. The standard InChI is InChI=1S/C18H30O2/c1-3-14(2)16(19)20-18(9-5-4-6-10-18)17-11-7-15(13-17)8-12-17/h14-15H,3-13H2,1-2H3. The molecule has 0 N–H and O–H groups in total. The monoisotopic (exact) mass is 278 g/mol. The lowest BCUT2D eigenvalue weighted by molar-refractivity contribution is -0.189. The van der Waals surface area contributed by atoms with Crippen LogP contribution in [0.15, 0.2) is 0 Å². The largest absolute Gasteiger partial charge is 0.458 e. The minimum atomic E-state index is -0.100. The van der Waals surface area contributed by atoms with Gasteiger partial charge in [-0.25, -0.2) is 0 Å². The van der Waals surface area contributed by atoms with Crippen LogP contribution in [0.1, 0.15) is 84.5 Å². The number of ether oxygens (including phenoxy) is 1. The number of carbonyl (C=O) groups is 1. The highest BCUT2D eigenvalue weighted by Crippen LogP contribution is 2.63. The van der Waals surface area contributed by atoms with Gasteiger partial charge < -0.3 is 4.74 Å². The molecule has 2 bridgehead atoms. The zero-order valence-corrected chi connectivity index (χ0v) is 13.2. The Kier molecular flexibility index (Phi) is 3.85. The van der Waals surface area contributed by atoms with Crippen LogP contribution in [0.25, 0.3) is 0 Å². The molecule has 3 fully saturated rings. The molecule has 1 unspecified atom stereocenters. The molecular weight excluding hydrogens is 248 g/mol. The van der Waals surface area contributed by atoms with Gasteiger partial charge in [-0.2, -0.15) is 0 Å². The van der Waals surface area contributed by atoms with Crippen LogP contribution in [0.3, 0.4) is 0 Å². The molecule has 0 heterocycles. The van der Waals surface area contributed by atoms with Crippen LogP contribution in [0.4, 0.5) is 0 Å². The summed E-state index contributed by atoms with van der Waals surface area (Å²) in [5.74, 6) is 1.05. The minimum absolute atomic E-state index is 0.0591. The second kappa shape index (κ2) is 5.35. The van der Waals surface area contributed by atoms with E-state index >= 15 is 0 Å². The summed E-state index contributed by atoms with van der Waals surface area (Å²) in [6.07, 6.45) is 13.7. The summed E-state index contributed by atoms with van der Waals surface area (Å²) in [5, 5.41) is 0. The van der Waals surface area contributed by atoms with E-state index in [1.807, 2.05) is 6.92 Å². The van der Waals surface area contributed by atoms with E-state index in [-0.39, 0.29) is 17.5 Å². The molecule has 0 aromatic heterocycles. The molecule has 0 radical (unpaired) electrons. The average molecular weight is 278 g/mol. The van der Waals surface area contributed by atoms with Crippen molar-refractivity contribution in [2.75, 3.05) is 0 Å². The topological polar surface area (TPSA) is 26.3 Å². The van der Waals surface area contributed by atoms with Crippen LogP contribution >= 0.6 is 0 Å². The van der Waals surface area contributed by atoms with Crippen molar-refractivity contribution >= 4 is 5.97 Å². The highest BCUT2D eigenvalue weighted by Gasteiger charge is 2.60. The van der Waals surface area contributed by atoms with Crippen molar-refractivity contribution < 1.29 is 9.53 Å². The molecule has 2 heteroatoms. The van der Waals surface area contributed by atoms with Gasteiger partial charge in [0, 0.05) is 5.41 Å². The SMILES string of the molecule is CCC(C)C(=O)OC1(C23CCC(CC2)C3)CCCCC1. The molecule has 3 aliphatic carbocycles. The maximum absolute atomic E-state index is 12.5. The summed E-state index contributed by atoms with van der Waals surface area (Å²) in [4.78, 5) is 12.5. The van der Waals surface area contributed by atoms with Gasteiger partial charge in [-0.1, -0.05) is 20.3 Å². The second-order valence-electron chi connectivity index (χ2n) is 7.71. The molecular formula is C18H30O2. The molecule has 20 heavy (non-hydrogen) atoms. The molecule has 0 amide bonds. The Hall–Kier alpha value is -0.530. The number of fused-ring (bicyclic) bond motifs is 2. The van der Waals surface area contributed by atoms with Gasteiger partial charge in [0.15, 0.2) is 0 Å². The smallest absolute Gasteiger partial charge is 0.309 e. The van der Waals surface area contributed by atoms with Crippen molar-refractivity contribution in [1.82, 2.24) is 0 Å². The van der Waals surface area contributed by atoms with Gasteiger partial charge in [0.2, 0.25) is 0 Å². The van der Waals surface area contributed by atoms with Crippen LogP contribution in [0, 0.1) is 17.3 Å². The first-order chi connectivity index (χ1) is 9.61. The molecule has 0 aliphatic heterocycles. The summed E-state index contributed by atoms with van der Waals surface area (Å²) in [5.41, 5.74) is 0.248. The van der Waals surface area contributed by atoms with Gasteiger partial charge in [-0.3, -0.25) is 4.79 Å². The Morgan fingerprint density at radius 1 is 1.15 bits per heavy atom. The fourth-order valence-electron chi connectivity index (χ4n) is 5.16. The first kappa shape index (κ1) is 14.4. The molecule has 0 saturated heterocycles. The van der Waals surface area contributed by atoms with Crippen LogP contribution < -0.4 is 0 Å². The first-order valence-corrected chi connectivity index (χ1v) is 8.84.